The van der Waals surface area contributed by atoms with Crippen molar-refractivity contribution in [1.29, 1.82) is 0 Å². The van der Waals surface area contributed by atoms with Crippen LogP contribution in [0.4, 0.5) is 9.59 Å². The minimum atomic E-state index is -0.681. The number of piperidine rings is 2. The lowest BCUT2D eigenvalue weighted by Crippen LogP contribution is -2.63. The monoisotopic (exact) mass is 1630 g/mol. The van der Waals surface area contributed by atoms with E-state index in [1.54, 1.807) is 74.3 Å². The Morgan fingerprint density at radius 1 is 0.465 bits per heavy atom. The fourth-order valence-electron chi connectivity index (χ4n) is 17.0. The van der Waals surface area contributed by atoms with Crippen molar-refractivity contribution in [2.75, 3.05) is 80.8 Å². The largest absolute Gasteiger partial charge is 0.496 e. The first-order valence-corrected chi connectivity index (χ1v) is 40.5. The predicted molar refractivity (Wildman–Crippen MR) is 443 cm³/mol. The van der Waals surface area contributed by atoms with E-state index >= 15 is 0 Å². The minimum absolute atomic E-state index is 0.0295. The summed E-state index contributed by atoms with van der Waals surface area (Å²) in [7, 11) is 6.45. The molecule has 8 aromatic rings. The van der Waals surface area contributed by atoms with Gasteiger partial charge in [0.1, 0.15) is 22.7 Å². The first-order valence-electron chi connectivity index (χ1n) is 39.0. The standard InChI is InChI=1S/2C44H51Cl2N5O6/c2*1-27(52)50-18-15-31(16-19-50)51(42(54)57-43(2,3)4)24-30-12-13-36(48-41(30)56-6)35-9-7-8-33(38(35)45)34-14-17-47-40(39(34)46)28-10-11-29(37(20-28)55-5)23-49-25-44(26-49)21-32(53)22-44/h2*7-14,17,20,31-32,53H,15-16,18-19,21-26H2,1-6H3. The van der Waals surface area contributed by atoms with Crippen LogP contribution in [0.2, 0.25) is 20.1 Å². The number of methoxy groups -OCH3 is 4. The molecular formula is C88H102Cl4N10O12. The second-order valence-corrected chi connectivity index (χ2v) is 34.8. The number of hydrogen-bond donors (Lipinski definition) is 2. The van der Waals surface area contributed by atoms with Gasteiger partial charge in [0.2, 0.25) is 23.6 Å². The van der Waals surface area contributed by atoms with Gasteiger partial charge in [-0.1, -0.05) is 107 Å². The van der Waals surface area contributed by atoms with E-state index in [1.165, 1.54) is 0 Å². The van der Waals surface area contributed by atoms with E-state index in [0.717, 1.165) is 121 Å². The Bertz CT molecular complexity index is 4570. The molecule has 0 unspecified atom stereocenters. The van der Waals surface area contributed by atoms with E-state index in [0.29, 0.717) is 129 Å². The predicted octanol–water partition coefficient (Wildman–Crippen LogP) is 17.0. The summed E-state index contributed by atoms with van der Waals surface area (Å²) in [6, 6.07) is 34.6. The van der Waals surface area contributed by atoms with Crippen molar-refractivity contribution >= 4 is 70.4 Å². The van der Waals surface area contributed by atoms with Crippen LogP contribution in [0.25, 0.3) is 67.3 Å². The minimum Gasteiger partial charge on any atom is -0.496 e. The Labute approximate surface area is 687 Å². The third kappa shape index (κ3) is 18.5. The molecule has 2 saturated carbocycles. The summed E-state index contributed by atoms with van der Waals surface area (Å²) < 4.78 is 34.9. The lowest BCUT2D eigenvalue weighted by atomic mass is 9.62. The number of aliphatic hydroxyl groups is 2. The van der Waals surface area contributed by atoms with Crippen LogP contribution in [0.5, 0.6) is 23.3 Å². The van der Waals surface area contributed by atoms with Crippen molar-refractivity contribution in [3.05, 3.63) is 164 Å². The van der Waals surface area contributed by atoms with Gasteiger partial charge in [-0.15, -0.1) is 0 Å². The molecule has 8 heterocycles. The zero-order chi connectivity index (χ0) is 81.3. The molecule has 0 radical (unpaired) electrons. The van der Waals surface area contributed by atoms with E-state index in [2.05, 4.69) is 31.9 Å². The zero-order valence-electron chi connectivity index (χ0n) is 67.0. The van der Waals surface area contributed by atoms with E-state index in [4.69, 9.17) is 84.8 Å². The molecule has 4 aliphatic heterocycles. The Morgan fingerprint density at radius 3 is 1.13 bits per heavy atom. The molecule has 6 fully saturated rings. The summed E-state index contributed by atoms with van der Waals surface area (Å²) in [6.45, 7) is 22.4. The number of pyridine rings is 4. The summed E-state index contributed by atoms with van der Waals surface area (Å²) in [6.07, 6.45) is 8.43. The molecule has 0 bridgehead atoms. The Balaban J connectivity index is 0.000000199. The van der Waals surface area contributed by atoms with Gasteiger partial charge in [-0.3, -0.25) is 29.4 Å². The highest BCUT2D eigenvalue weighted by atomic mass is 35.5. The van der Waals surface area contributed by atoms with Gasteiger partial charge in [-0.2, -0.15) is 0 Å². The van der Waals surface area contributed by atoms with Gasteiger partial charge >= 0.3 is 12.2 Å². The smallest absolute Gasteiger partial charge is 0.410 e. The number of carbonyl (C=O) groups is 4. The Hall–Kier alpha value is -8.84. The Morgan fingerprint density at radius 2 is 0.807 bits per heavy atom. The summed E-state index contributed by atoms with van der Waals surface area (Å²) in [5, 5.41) is 21.4. The normalized spacial score (nSPS) is 17.2. The van der Waals surface area contributed by atoms with Crippen molar-refractivity contribution in [2.24, 2.45) is 10.8 Å². The number of rotatable bonds is 20. The molecule has 0 atom stereocenters. The zero-order valence-corrected chi connectivity index (χ0v) is 70.0. The number of aromatic nitrogens is 4. The van der Waals surface area contributed by atoms with Crippen molar-refractivity contribution in [3.63, 3.8) is 0 Å². The summed E-state index contributed by atoms with van der Waals surface area (Å²) in [5.74, 6) is 2.31. The lowest BCUT2D eigenvalue weighted by molar-refractivity contribution is -0.131. The molecule has 22 nitrogen and oxygen atoms in total. The molecule has 2 aliphatic carbocycles. The fraction of sp³-hybridized carbons (Fsp3) is 0.455. The van der Waals surface area contributed by atoms with Gasteiger partial charge in [-0.25, -0.2) is 19.6 Å². The number of amides is 4. The highest BCUT2D eigenvalue weighted by Crippen LogP contribution is 2.52. The van der Waals surface area contributed by atoms with E-state index in [9.17, 15) is 29.4 Å². The van der Waals surface area contributed by atoms with Crippen LogP contribution < -0.4 is 18.9 Å². The molecular weight excluding hydrogens is 1530 g/mol. The number of halogens is 4. The van der Waals surface area contributed by atoms with Gasteiger partial charge in [-0.05, 0) is 141 Å². The third-order valence-electron chi connectivity index (χ3n) is 22.6. The first-order chi connectivity index (χ1) is 54.3. The van der Waals surface area contributed by atoms with Crippen molar-refractivity contribution in [3.8, 4) is 90.5 Å². The molecule has 4 aromatic carbocycles. The van der Waals surface area contributed by atoms with Crippen molar-refractivity contribution in [2.45, 2.75) is 168 Å². The molecule has 14 rings (SSSR count). The number of aliphatic hydroxyl groups excluding tert-OH is 2. The van der Waals surface area contributed by atoms with Gasteiger partial charge in [0.25, 0.3) is 0 Å². The molecule has 604 valence electrons. The highest BCUT2D eigenvalue weighted by Gasteiger charge is 2.53. The first kappa shape index (κ1) is 83.1. The summed E-state index contributed by atoms with van der Waals surface area (Å²) in [5.41, 5.74) is 11.1. The second-order valence-electron chi connectivity index (χ2n) is 33.3. The van der Waals surface area contributed by atoms with Crippen LogP contribution in [0, 0.1) is 10.8 Å². The summed E-state index contributed by atoms with van der Waals surface area (Å²) >= 11 is 28.7. The molecule has 114 heavy (non-hydrogen) atoms. The molecule has 4 amide bonds. The van der Waals surface area contributed by atoms with Crippen molar-refractivity contribution < 1.29 is 57.8 Å². The van der Waals surface area contributed by atoms with E-state index < -0.39 is 23.4 Å². The third-order valence-corrected chi connectivity index (χ3v) is 24.2. The number of carbonyl (C=O) groups excluding carboxylic acids is 4. The maximum atomic E-state index is 13.6. The van der Waals surface area contributed by atoms with Gasteiger partial charge in [0.15, 0.2) is 0 Å². The van der Waals surface area contributed by atoms with Gasteiger partial charge < -0.3 is 58.2 Å². The number of hydrogen-bond acceptors (Lipinski definition) is 18. The van der Waals surface area contributed by atoms with Crippen LogP contribution in [-0.2, 0) is 45.2 Å². The molecule has 4 aromatic heterocycles. The molecule has 26 heteroatoms. The molecule has 4 saturated heterocycles. The topological polar surface area (TPSA) is 235 Å². The van der Waals surface area contributed by atoms with Gasteiger partial charge in [0, 0.05) is 181 Å². The van der Waals surface area contributed by atoms with Crippen LogP contribution >= 0.6 is 46.4 Å². The Kier molecular flexibility index (Phi) is 25.2. The van der Waals surface area contributed by atoms with Crippen LogP contribution in [-0.4, -0.2) is 200 Å². The number of nitrogens with zero attached hydrogens (tertiary/aromatic N) is 10. The number of ether oxygens (including phenoxy) is 6. The highest BCUT2D eigenvalue weighted by molar-refractivity contribution is 6.40. The average molecular weight is 1630 g/mol. The van der Waals surface area contributed by atoms with Crippen molar-refractivity contribution in [1.82, 2.24) is 49.3 Å². The van der Waals surface area contributed by atoms with Gasteiger partial charge in [0.05, 0.1) is 96.6 Å². The van der Waals surface area contributed by atoms with E-state index in [1.807, 2.05) is 139 Å². The molecule has 6 aliphatic rings. The van der Waals surface area contributed by atoms with Crippen LogP contribution in [0.1, 0.15) is 129 Å². The quantitative estimate of drug-likeness (QED) is 0.0721. The van der Waals surface area contributed by atoms with Crippen LogP contribution in [0.15, 0.2) is 122 Å². The van der Waals surface area contributed by atoms with E-state index in [-0.39, 0.29) is 60.0 Å². The lowest BCUT2D eigenvalue weighted by Gasteiger charge is -2.58. The number of likely N-dealkylation sites (tertiary alicyclic amines) is 4. The number of benzene rings is 4. The molecule has 2 spiro atoms. The van der Waals surface area contributed by atoms with Crippen LogP contribution in [0.3, 0.4) is 0 Å². The second kappa shape index (κ2) is 34.5. The maximum Gasteiger partial charge on any atom is 0.410 e. The summed E-state index contributed by atoms with van der Waals surface area (Å²) in [4.78, 5) is 82.1. The fourth-order valence-corrected chi connectivity index (χ4v) is 18.3. The molecule has 2 N–H and O–H groups in total. The maximum absolute atomic E-state index is 13.6. The average Bonchev–Trinajstić information content (AvgIpc) is 0.746. The SMILES string of the molecule is COc1cc(-c2nccc(-c3cccc(-c4ccc(CN(C(=O)OC(C)(C)C)C5CCN(C(C)=O)CC5)c(OC)n4)c3Cl)c2Cl)ccc1CN1CC2(CC(O)C2)C1.COc1cc(-c2nccc(-c3cccc(-c4ccc(CN(C(=O)OC(C)(C)C)C5CCN(C(C)=O)CC5)c(OC)n4)c3Cl)c2Cl)ccc1CN1CC2(CC(O)C2)C1.